The normalized spacial score (nSPS) is 24.5. The smallest absolute Gasteiger partial charge is 0.303 e. The molecule has 1 saturated carbocycles. The van der Waals surface area contributed by atoms with Crippen molar-refractivity contribution in [1.82, 2.24) is 5.43 Å². The maximum atomic E-state index is 10.8. The van der Waals surface area contributed by atoms with Crippen LogP contribution in [0.1, 0.15) is 57.8 Å². The molecular formula is C22H34N2O5S. The molecule has 2 unspecified atom stereocenters. The lowest BCUT2D eigenvalue weighted by molar-refractivity contribution is -0.137. The predicted molar refractivity (Wildman–Crippen MR) is 118 cm³/mol. The third kappa shape index (κ3) is 8.62. The number of carboxylic acid groups (broad SMARTS) is 1. The Labute approximate surface area is 182 Å². The van der Waals surface area contributed by atoms with Gasteiger partial charge in [-0.15, -0.1) is 16.7 Å². The maximum absolute atomic E-state index is 10.8. The zero-order valence-electron chi connectivity index (χ0n) is 17.4. The van der Waals surface area contributed by atoms with Crippen LogP contribution in [-0.4, -0.2) is 45.3 Å². The molecule has 0 saturated heterocycles. The van der Waals surface area contributed by atoms with E-state index >= 15 is 0 Å². The quantitative estimate of drug-likeness (QED) is 0.141. The summed E-state index contributed by atoms with van der Waals surface area (Å²) in [6.07, 6.45) is 5.34. The summed E-state index contributed by atoms with van der Waals surface area (Å²) in [4.78, 5) is 22.5. The molecule has 1 aliphatic carbocycles. The van der Waals surface area contributed by atoms with Gasteiger partial charge in [-0.2, -0.15) is 0 Å². The van der Waals surface area contributed by atoms with E-state index < -0.39 is 18.2 Å². The van der Waals surface area contributed by atoms with Gasteiger partial charge in [-0.05, 0) is 56.1 Å². The highest BCUT2D eigenvalue weighted by atomic mass is 32.2. The third-order valence-corrected chi connectivity index (χ3v) is 7.13. The van der Waals surface area contributed by atoms with Crippen molar-refractivity contribution in [2.45, 2.75) is 80.9 Å². The van der Waals surface area contributed by atoms with Gasteiger partial charge in [0, 0.05) is 22.4 Å². The Bertz CT molecular complexity index is 633. The molecule has 5 atom stereocenters. The molecule has 0 amide bonds. The Hall–Kier alpha value is -1.64. The van der Waals surface area contributed by atoms with E-state index in [9.17, 15) is 19.9 Å². The maximum Gasteiger partial charge on any atom is 0.303 e. The Kier molecular flexibility index (Phi) is 11.2. The van der Waals surface area contributed by atoms with E-state index in [1.165, 1.54) is 0 Å². The van der Waals surface area contributed by atoms with E-state index in [1.54, 1.807) is 11.8 Å². The Morgan fingerprint density at radius 3 is 2.57 bits per heavy atom. The number of unbranched alkanes of at least 4 members (excludes halogenated alkanes) is 3. The zero-order chi connectivity index (χ0) is 21.8. The first-order chi connectivity index (χ1) is 14.5. The summed E-state index contributed by atoms with van der Waals surface area (Å²) in [5, 5.41) is 32.5. The number of carbonyl (C=O) groups is 1. The number of hydrogen-bond acceptors (Lipinski definition) is 6. The number of thioether (sulfide) groups is 1. The second kappa shape index (κ2) is 13.6. The van der Waals surface area contributed by atoms with E-state index in [1.807, 2.05) is 30.3 Å². The SMILES string of the molecule is O=NNC1C[C@H](O)[C@H](CCCCCCC(=O)O)[C@H]1CCC(O)CSc1ccccc1. The minimum atomic E-state index is -0.763. The van der Waals surface area contributed by atoms with Crippen LogP contribution in [0.2, 0.25) is 0 Å². The molecule has 0 heterocycles. The first kappa shape index (κ1) is 24.6. The van der Waals surface area contributed by atoms with Crippen LogP contribution in [0.5, 0.6) is 0 Å². The van der Waals surface area contributed by atoms with Crippen molar-refractivity contribution in [2.24, 2.45) is 17.1 Å². The van der Waals surface area contributed by atoms with Crippen LogP contribution in [0.4, 0.5) is 0 Å². The van der Waals surface area contributed by atoms with E-state index in [4.69, 9.17) is 5.11 Å². The van der Waals surface area contributed by atoms with Crippen LogP contribution in [0.25, 0.3) is 0 Å². The third-order valence-electron chi connectivity index (χ3n) is 5.97. The van der Waals surface area contributed by atoms with Crippen molar-refractivity contribution in [3.63, 3.8) is 0 Å². The average molecular weight is 439 g/mol. The van der Waals surface area contributed by atoms with Gasteiger partial charge in [0.2, 0.25) is 0 Å². The van der Waals surface area contributed by atoms with Crippen molar-refractivity contribution >= 4 is 17.7 Å². The van der Waals surface area contributed by atoms with E-state index in [2.05, 4.69) is 10.7 Å². The van der Waals surface area contributed by atoms with E-state index in [0.717, 1.165) is 37.0 Å². The average Bonchev–Trinajstić information content (AvgIpc) is 3.02. The van der Waals surface area contributed by atoms with Gasteiger partial charge in [-0.3, -0.25) is 10.2 Å². The number of nitrogens with zero attached hydrogens (tertiary/aromatic N) is 1. The van der Waals surface area contributed by atoms with Crippen molar-refractivity contribution in [3.05, 3.63) is 35.2 Å². The predicted octanol–water partition coefficient (Wildman–Crippen LogP) is 3.98. The molecule has 0 spiro atoms. The standard InChI is InChI=1S/C22H34N2O5S/c25-16(15-30-17-8-4-3-5-9-17)12-13-18-19(21(26)14-20(18)23-24-29)10-6-1-2-7-11-22(27)28/h3-5,8-9,16,18-21,25-26H,1-2,6-7,10-15H2,(H,23,29)(H,27,28)/t16?,18-,19-,20?,21+/m1/s1. The number of aliphatic hydroxyl groups is 2. The molecule has 1 fully saturated rings. The fourth-order valence-corrected chi connectivity index (χ4v) is 5.32. The van der Waals surface area contributed by atoms with Gasteiger partial charge in [0.25, 0.3) is 0 Å². The van der Waals surface area contributed by atoms with E-state index in [0.29, 0.717) is 25.0 Å². The molecule has 0 bridgehead atoms. The van der Waals surface area contributed by atoms with Crippen LogP contribution in [0.15, 0.2) is 40.5 Å². The van der Waals surface area contributed by atoms with Crippen LogP contribution in [-0.2, 0) is 4.79 Å². The monoisotopic (exact) mass is 438 g/mol. The molecule has 0 aliphatic heterocycles. The van der Waals surface area contributed by atoms with Gasteiger partial charge in [-0.1, -0.05) is 37.5 Å². The van der Waals surface area contributed by atoms with Crippen molar-refractivity contribution in [2.75, 3.05) is 5.75 Å². The lowest BCUT2D eigenvalue weighted by atomic mass is 9.84. The second-order valence-electron chi connectivity index (χ2n) is 8.16. The second-order valence-corrected chi connectivity index (χ2v) is 9.25. The number of aliphatic carboxylic acids is 1. The number of nitroso groups, excluding NO2 is 1. The first-order valence-electron chi connectivity index (χ1n) is 10.8. The summed E-state index contributed by atoms with van der Waals surface area (Å²) in [5.74, 6) is 0.00345. The number of nitrogens with one attached hydrogen (secondary N) is 1. The molecule has 30 heavy (non-hydrogen) atoms. The fourth-order valence-electron chi connectivity index (χ4n) is 4.42. The Morgan fingerprint density at radius 1 is 1.13 bits per heavy atom. The minimum Gasteiger partial charge on any atom is -0.481 e. The molecule has 7 nitrogen and oxygen atoms in total. The summed E-state index contributed by atoms with van der Waals surface area (Å²) in [5.41, 5.74) is 2.62. The van der Waals surface area contributed by atoms with Crippen molar-refractivity contribution in [1.29, 1.82) is 0 Å². The molecule has 168 valence electrons. The molecule has 1 aromatic carbocycles. The van der Waals surface area contributed by atoms with Crippen LogP contribution >= 0.6 is 11.8 Å². The largest absolute Gasteiger partial charge is 0.481 e. The zero-order valence-corrected chi connectivity index (χ0v) is 18.2. The number of aliphatic hydroxyl groups excluding tert-OH is 2. The topological polar surface area (TPSA) is 119 Å². The highest BCUT2D eigenvalue weighted by Gasteiger charge is 2.42. The minimum absolute atomic E-state index is 0.0673. The van der Waals surface area contributed by atoms with Gasteiger partial charge in [0.15, 0.2) is 0 Å². The Balaban J connectivity index is 1.78. The Morgan fingerprint density at radius 2 is 1.87 bits per heavy atom. The molecule has 0 radical (unpaired) electrons. The van der Waals surface area contributed by atoms with Gasteiger partial charge in [-0.25, -0.2) is 0 Å². The number of carboxylic acids is 1. The van der Waals surface area contributed by atoms with E-state index in [-0.39, 0.29) is 24.3 Å². The highest BCUT2D eigenvalue weighted by Crippen LogP contribution is 2.39. The fraction of sp³-hybridized carbons (Fsp3) is 0.682. The number of hydrogen-bond donors (Lipinski definition) is 4. The van der Waals surface area contributed by atoms with Crippen LogP contribution < -0.4 is 5.43 Å². The number of benzene rings is 1. The van der Waals surface area contributed by atoms with Gasteiger partial charge >= 0.3 is 5.97 Å². The molecule has 1 aromatic rings. The van der Waals surface area contributed by atoms with Crippen molar-refractivity contribution < 1.29 is 20.1 Å². The molecule has 1 aliphatic rings. The lowest BCUT2D eigenvalue weighted by Crippen LogP contribution is -2.31. The summed E-state index contributed by atoms with van der Waals surface area (Å²) in [7, 11) is 0. The summed E-state index contributed by atoms with van der Waals surface area (Å²) in [6.45, 7) is 0. The van der Waals surface area contributed by atoms with Crippen LogP contribution in [0, 0.1) is 16.7 Å². The summed E-state index contributed by atoms with van der Waals surface area (Å²) < 4.78 is 0. The lowest BCUT2D eigenvalue weighted by Gasteiger charge is -2.26. The highest BCUT2D eigenvalue weighted by molar-refractivity contribution is 7.99. The molecular weight excluding hydrogens is 404 g/mol. The summed E-state index contributed by atoms with van der Waals surface area (Å²) >= 11 is 1.62. The molecule has 8 heteroatoms. The molecule has 0 aromatic heterocycles. The van der Waals surface area contributed by atoms with Gasteiger partial charge in [0.1, 0.15) is 0 Å². The number of rotatable bonds is 15. The molecule has 2 rings (SSSR count). The molecule has 4 N–H and O–H groups in total. The summed E-state index contributed by atoms with van der Waals surface area (Å²) in [6, 6.07) is 9.79. The van der Waals surface area contributed by atoms with Crippen molar-refractivity contribution in [3.8, 4) is 0 Å². The van der Waals surface area contributed by atoms with Crippen LogP contribution in [0.3, 0.4) is 0 Å². The van der Waals surface area contributed by atoms with Gasteiger partial charge in [0.05, 0.1) is 18.2 Å². The first-order valence-corrected chi connectivity index (χ1v) is 11.8. The van der Waals surface area contributed by atoms with Gasteiger partial charge < -0.3 is 15.3 Å².